The molecule has 3 aromatic carbocycles. The summed E-state index contributed by atoms with van der Waals surface area (Å²) in [7, 11) is 0. The van der Waals surface area contributed by atoms with Crippen molar-refractivity contribution in [3.63, 3.8) is 0 Å². The first-order valence-electron chi connectivity index (χ1n) is 27.4. The van der Waals surface area contributed by atoms with Crippen LogP contribution in [0, 0.1) is 5.92 Å². The number of nitrogens with two attached hydrogens (primary N) is 4. The van der Waals surface area contributed by atoms with Crippen LogP contribution in [-0.2, 0) is 62.4 Å². The zero-order valence-corrected chi connectivity index (χ0v) is 46.2. The number of benzene rings is 3. The molecule has 9 atom stereocenters. The molecule has 0 aromatic heterocycles. The molecule has 0 fully saturated rings. The standard InChI is InChI=1S/C56H84N12O13/c1-3-34(2)48(68-49(73)40(60)29-36-18-22-38(70)23-19-36)55(79)67-44(31-37-20-24-39(71)25-21-37)50(74)61-32-47(72)62-46(33-69)54(78)66-45(30-35-13-5-4-6-14-35)53(77)64-41(15-7-10-26-57)51(75)63-42(16-8-11-27-58)52(76)65-43(56(80)81)17-9-12-28-59/h4-6,13-14,18-25,34,40-46,48,69-71H,3,7-12,15-17,26-33,57-60H2,1-2H3,(H,61,74)(H,62,72)(H,63,75)(H,64,77)(H,65,76)(H,66,78)(H,67,79)(H,68,73)(H,80,81)/t34-,40-,41-,42-,43-,44-,45-,46-,48-/m0/s1. The van der Waals surface area contributed by atoms with Crippen LogP contribution in [-0.4, -0.2) is 155 Å². The molecule has 25 heteroatoms. The van der Waals surface area contributed by atoms with Crippen LogP contribution in [0.15, 0.2) is 78.9 Å². The fourth-order valence-corrected chi connectivity index (χ4v) is 8.43. The quantitative estimate of drug-likeness (QED) is 0.0290. The highest BCUT2D eigenvalue weighted by Crippen LogP contribution is 2.16. The van der Waals surface area contributed by atoms with E-state index in [2.05, 4.69) is 42.5 Å². The lowest BCUT2D eigenvalue weighted by atomic mass is 9.96. The Hall–Kier alpha value is -7.71. The van der Waals surface area contributed by atoms with E-state index in [9.17, 15) is 63.6 Å². The van der Waals surface area contributed by atoms with Crippen LogP contribution in [0.2, 0.25) is 0 Å². The van der Waals surface area contributed by atoms with Crippen molar-refractivity contribution in [1.29, 1.82) is 0 Å². The molecule has 0 aliphatic carbocycles. The fourth-order valence-electron chi connectivity index (χ4n) is 8.43. The van der Waals surface area contributed by atoms with Crippen LogP contribution in [0.3, 0.4) is 0 Å². The molecule has 3 rings (SSSR count). The second-order valence-corrected chi connectivity index (χ2v) is 19.9. The summed E-state index contributed by atoms with van der Waals surface area (Å²) in [5.41, 5.74) is 25.0. The molecule has 0 heterocycles. The van der Waals surface area contributed by atoms with E-state index >= 15 is 0 Å². The summed E-state index contributed by atoms with van der Waals surface area (Å²) in [6.45, 7) is 2.66. The number of rotatable bonds is 38. The number of amides is 8. The molecule has 0 aliphatic rings. The van der Waals surface area contributed by atoms with Gasteiger partial charge in [-0.1, -0.05) is 74.9 Å². The third-order valence-electron chi connectivity index (χ3n) is 13.4. The maximum absolute atomic E-state index is 14.3. The van der Waals surface area contributed by atoms with Crippen LogP contribution < -0.4 is 65.5 Å². The first-order chi connectivity index (χ1) is 38.7. The zero-order chi connectivity index (χ0) is 59.9. The third-order valence-corrected chi connectivity index (χ3v) is 13.4. The predicted octanol–water partition coefficient (Wildman–Crippen LogP) is -1.53. The Morgan fingerprint density at radius 2 is 0.877 bits per heavy atom. The van der Waals surface area contributed by atoms with Gasteiger partial charge in [-0.15, -0.1) is 0 Å². The molecule has 81 heavy (non-hydrogen) atoms. The summed E-state index contributed by atoms with van der Waals surface area (Å²) in [5.74, 6) is -8.34. The van der Waals surface area contributed by atoms with Crippen molar-refractivity contribution in [2.75, 3.05) is 32.8 Å². The number of carboxylic acid groups (broad SMARTS) is 1. The number of carboxylic acids is 1. The summed E-state index contributed by atoms with van der Waals surface area (Å²) in [4.78, 5) is 123. The van der Waals surface area contributed by atoms with E-state index in [-0.39, 0.29) is 56.6 Å². The van der Waals surface area contributed by atoms with E-state index in [4.69, 9.17) is 22.9 Å². The molecule has 0 radical (unpaired) electrons. The maximum atomic E-state index is 14.3. The topological polar surface area (TPSA) is 435 Å². The van der Waals surface area contributed by atoms with Crippen molar-refractivity contribution in [2.45, 2.75) is 146 Å². The van der Waals surface area contributed by atoms with Crippen molar-refractivity contribution < 1.29 is 63.6 Å². The molecule has 0 saturated carbocycles. The lowest BCUT2D eigenvalue weighted by Gasteiger charge is -2.28. The maximum Gasteiger partial charge on any atom is 0.326 e. The van der Waals surface area contributed by atoms with E-state index in [0.717, 1.165) is 0 Å². The number of aliphatic hydroxyl groups excluding tert-OH is 1. The minimum absolute atomic E-state index is 0.0325. The molecule has 0 saturated heterocycles. The smallest absolute Gasteiger partial charge is 0.326 e. The van der Waals surface area contributed by atoms with Gasteiger partial charge in [0, 0.05) is 12.8 Å². The van der Waals surface area contributed by atoms with E-state index in [0.29, 0.717) is 74.7 Å². The number of nitrogens with one attached hydrogen (secondary N) is 8. The van der Waals surface area contributed by atoms with E-state index in [1.54, 1.807) is 56.3 Å². The second-order valence-electron chi connectivity index (χ2n) is 19.9. The van der Waals surface area contributed by atoms with Gasteiger partial charge in [-0.25, -0.2) is 4.79 Å². The Morgan fingerprint density at radius 3 is 1.35 bits per heavy atom. The number of carbonyl (C=O) groups is 9. The largest absolute Gasteiger partial charge is 0.508 e. The van der Waals surface area contributed by atoms with E-state index in [1.807, 2.05) is 0 Å². The molecular formula is C56H84N12O13. The number of aromatic hydroxyl groups is 2. The van der Waals surface area contributed by atoms with Crippen LogP contribution >= 0.6 is 0 Å². The Kier molecular flexibility index (Phi) is 30.5. The third kappa shape index (κ3) is 24.7. The molecule has 0 spiro atoms. The van der Waals surface area contributed by atoms with Gasteiger partial charge in [0.15, 0.2) is 0 Å². The summed E-state index contributed by atoms with van der Waals surface area (Å²) in [6.07, 6.45) is 3.14. The van der Waals surface area contributed by atoms with Gasteiger partial charge < -0.3 is 85.9 Å². The number of phenolic OH excluding ortho intramolecular Hbond substituents is 2. The number of hydrogen-bond donors (Lipinski definition) is 16. The second kappa shape index (κ2) is 36.5. The van der Waals surface area contributed by atoms with Gasteiger partial charge in [-0.3, -0.25) is 38.4 Å². The molecule has 0 aliphatic heterocycles. The van der Waals surface area contributed by atoms with E-state index < -0.39 is 121 Å². The lowest BCUT2D eigenvalue weighted by Crippen LogP contribution is -2.60. The summed E-state index contributed by atoms with van der Waals surface area (Å²) in [6, 6.07) is 9.94. The Balaban J connectivity index is 1.80. The number of unbranched alkanes of at least 4 members (excludes halogenated alkanes) is 3. The monoisotopic (exact) mass is 1130 g/mol. The van der Waals surface area contributed by atoms with Gasteiger partial charge >= 0.3 is 5.97 Å². The Labute approximate surface area is 472 Å². The van der Waals surface area contributed by atoms with Gasteiger partial charge in [-0.2, -0.15) is 0 Å². The summed E-state index contributed by atoms with van der Waals surface area (Å²) < 4.78 is 0. The SMILES string of the molecule is CC[C@H](C)[C@H](NC(=O)[C@@H](N)Cc1ccc(O)cc1)C(=O)N[C@@H](Cc1ccc(O)cc1)C(=O)NCC(=O)N[C@@H](CO)C(=O)N[C@@H](Cc1ccccc1)C(=O)N[C@@H](CCCCN)C(=O)N[C@@H](CCCCN)C(=O)N[C@@H](CCCCN)C(=O)O. The number of aliphatic carboxylic acids is 1. The van der Waals surface area contributed by atoms with Crippen molar-refractivity contribution >= 4 is 53.2 Å². The minimum atomic E-state index is -1.69. The van der Waals surface area contributed by atoms with Crippen LogP contribution in [0.4, 0.5) is 0 Å². The van der Waals surface area contributed by atoms with Gasteiger partial charge in [0.05, 0.1) is 19.2 Å². The molecule has 20 N–H and O–H groups in total. The summed E-state index contributed by atoms with van der Waals surface area (Å²) in [5, 5.41) is 60.4. The van der Waals surface area contributed by atoms with Gasteiger partial charge in [0.25, 0.3) is 0 Å². The van der Waals surface area contributed by atoms with Crippen molar-refractivity contribution in [3.8, 4) is 11.5 Å². The highest BCUT2D eigenvalue weighted by Gasteiger charge is 2.34. The van der Waals surface area contributed by atoms with Crippen LogP contribution in [0.5, 0.6) is 11.5 Å². The molecule has 3 aromatic rings. The number of aliphatic hydroxyl groups is 1. The molecule has 8 amide bonds. The van der Waals surface area contributed by atoms with Crippen molar-refractivity contribution in [2.24, 2.45) is 28.9 Å². The van der Waals surface area contributed by atoms with Gasteiger partial charge in [0.2, 0.25) is 47.3 Å². The Morgan fingerprint density at radius 1 is 0.469 bits per heavy atom. The summed E-state index contributed by atoms with van der Waals surface area (Å²) >= 11 is 0. The first-order valence-corrected chi connectivity index (χ1v) is 27.4. The number of phenols is 2. The van der Waals surface area contributed by atoms with Crippen molar-refractivity contribution in [1.82, 2.24) is 42.5 Å². The molecule has 0 bridgehead atoms. The van der Waals surface area contributed by atoms with E-state index in [1.165, 1.54) is 36.4 Å². The first kappa shape index (κ1) is 67.6. The van der Waals surface area contributed by atoms with Crippen LogP contribution in [0.25, 0.3) is 0 Å². The van der Waals surface area contributed by atoms with Gasteiger partial charge in [0.1, 0.15) is 53.8 Å². The highest BCUT2D eigenvalue weighted by atomic mass is 16.4. The minimum Gasteiger partial charge on any atom is -0.508 e. The van der Waals surface area contributed by atoms with Crippen molar-refractivity contribution in [3.05, 3.63) is 95.6 Å². The van der Waals surface area contributed by atoms with Crippen LogP contribution in [0.1, 0.15) is 94.7 Å². The number of carbonyl (C=O) groups excluding carboxylic acids is 8. The Bertz CT molecular complexity index is 2470. The predicted molar refractivity (Wildman–Crippen MR) is 301 cm³/mol. The zero-order valence-electron chi connectivity index (χ0n) is 46.2. The molecule has 25 nitrogen and oxygen atoms in total. The molecule has 446 valence electrons. The molecular weight excluding hydrogens is 1050 g/mol. The average molecular weight is 1130 g/mol. The lowest BCUT2D eigenvalue weighted by molar-refractivity contribution is -0.142. The normalized spacial score (nSPS) is 14.4. The number of hydrogen-bond acceptors (Lipinski definition) is 16. The highest BCUT2D eigenvalue weighted by molar-refractivity contribution is 5.97. The fraction of sp³-hybridized carbons (Fsp3) is 0.518. The average Bonchev–Trinajstić information content (AvgIpc) is 3.45. The van der Waals surface area contributed by atoms with Gasteiger partial charge in [-0.05, 0) is 131 Å². The molecule has 0 unspecified atom stereocenters.